The minimum Gasteiger partial charge on any atom is -0.345 e. The molecule has 40 heavy (non-hydrogen) atoms. The van der Waals surface area contributed by atoms with Crippen molar-refractivity contribution in [3.05, 3.63) is 129 Å². The van der Waals surface area contributed by atoms with E-state index in [9.17, 15) is 18.0 Å². The van der Waals surface area contributed by atoms with Gasteiger partial charge in [0.05, 0.1) is 35.8 Å². The van der Waals surface area contributed by atoms with E-state index in [1.807, 2.05) is 37.3 Å². The molecule has 206 valence electrons. The number of hydrogen-bond donors (Lipinski definition) is 2. The van der Waals surface area contributed by atoms with Gasteiger partial charge in [-0.25, -0.2) is 8.42 Å². The van der Waals surface area contributed by atoms with E-state index in [0.717, 1.165) is 16.1 Å². The predicted molar refractivity (Wildman–Crippen MR) is 161 cm³/mol. The van der Waals surface area contributed by atoms with Crippen LogP contribution in [0.3, 0.4) is 0 Å². The number of hydrogen-bond acceptors (Lipinski definition) is 4. The summed E-state index contributed by atoms with van der Waals surface area (Å²) in [4.78, 5) is 26.1. The number of carbonyl (C=O) groups is 2. The number of halogens is 2. The van der Waals surface area contributed by atoms with Crippen LogP contribution in [0, 0.1) is 0 Å². The molecule has 7 nitrogen and oxygen atoms in total. The Morgan fingerprint density at radius 1 is 0.800 bits per heavy atom. The molecular formula is C30H27Cl2N3O4S. The van der Waals surface area contributed by atoms with Crippen LogP contribution in [0.1, 0.15) is 44.8 Å². The van der Waals surface area contributed by atoms with E-state index in [2.05, 4.69) is 10.6 Å². The summed E-state index contributed by atoms with van der Waals surface area (Å²) in [7, 11) is -3.71. The highest BCUT2D eigenvalue weighted by atomic mass is 35.5. The first kappa shape index (κ1) is 29.1. The second-order valence-corrected chi connectivity index (χ2v) is 11.8. The molecule has 4 aromatic rings. The molecule has 0 heterocycles. The predicted octanol–water partition coefficient (Wildman–Crippen LogP) is 6.70. The molecule has 4 aromatic carbocycles. The molecule has 0 spiro atoms. The van der Waals surface area contributed by atoms with Crippen molar-refractivity contribution in [2.24, 2.45) is 0 Å². The summed E-state index contributed by atoms with van der Waals surface area (Å²) in [5.74, 6) is -0.785. The Balaban J connectivity index is 1.51. The lowest BCUT2D eigenvalue weighted by Crippen LogP contribution is -2.29. The van der Waals surface area contributed by atoms with Gasteiger partial charge in [-0.3, -0.25) is 13.9 Å². The quantitative estimate of drug-likeness (QED) is 0.225. The van der Waals surface area contributed by atoms with Crippen LogP contribution in [0.2, 0.25) is 10.0 Å². The van der Waals surface area contributed by atoms with Crippen molar-refractivity contribution in [3.8, 4) is 0 Å². The molecule has 0 aliphatic rings. The zero-order valence-corrected chi connectivity index (χ0v) is 24.1. The van der Waals surface area contributed by atoms with E-state index >= 15 is 0 Å². The highest BCUT2D eigenvalue weighted by Crippen LogP contribution is 2.29. The van der Waals surface area contributed by atoms with Crippen LogP contribution in [0.4, 0.5) is 11.4 Å². The van der Waals surface area contributed by atoms with Gasteiger partial charge in [0.2, 0.25) is 10.0 Å². The summed E-state index contributed by atoms with van der Waals surface area (Å²) < 4.78 is 26.4. The number of benzene rings is 4. The number of rotatable bonds is 9. The molecule has 0 aliphatic heterocycles. The molecule has 0 saturated heterocycles. The molecule has 10 heteroatoms. The summed E-state index contributed by atoms with van der Waals surface area (Å²) in [6.45, 7) is 1.81. The fourth-order valence-corrected chi connectivity index (χ4v) is 5.48. The average molecular weight is 597 g/mol. The minimum atomic E-state index is -3.71. The smallest absolute Gasteiger partial charge is 0.255 e. The van der Waals surface area contributed by atoms with Gasteiger partial charge in [0.25, 0.3) is 11.8 Å². The Morgan fingerprint density at radius 2 is 1.40 bits per heavy atom. The van der Waals surface area contributed by atoms with Gasteiger partial charge in [-0.2, -0.15) is 0 Å². The normalized spacial score (nSPS) is 11.9. The van der Waals surface area contributed by atoms with Crippen molar-refractivity contribution < 1.29 is 18.0 Å². The first-order valence-electron chi connectivity index (χ1n) is 12.3. The lowest BCUT2D eigenvalue weighted by Gasteiger charge is -2.24. The standard InChI is InChI=1S/C30H27Cl2N3O4S/c1-20(21-9-4-3-5-10-21)33-30(37)24-11-6-7-14-28(24)34-29(36)22-15-17-23(18-16-22)35(40(2,38)39)19-25-26(31)12-8-13-27(25)32/h3-18,20H,19H2,1-2H3,(H,33,37)(H,34,36)/t20-/m0/s1. The van der Waals surface area contributed by atoms with E-state index in [-0.39, 0.29) is 24.1 Å². The van der Waals surface area contributed by atoms with Gasteiger partial charge in [0, 0.05) is 21.2 Å². The number of nitrogens with zero attached hydrogens (tertiary/aromatic N) is 1. The highest BCUT2D eigenvalue weighted by molar-refractivity contribution is 7.92. The van der Waals surface area contributed by atoms with E-state index in [1.54, 1.807) is 42.5 Å². The lowest BCUT2D eigenvalue weighted by molar-refractivity contribution is 0.0940. The van der Waals surface area contributed by atoms with Gasteiger partial charge in [-0.15, -0.1) is 0 Å². The molecule has 4 rings (SSSR count). The Kier molecular flexibility index (Phi) is 9.14. The van der Waals surface area contributed by atoms with Gasteiger partial charge in [0.1, 0.15) is 0 Å². The Hall–Kier alpha value is -3.85. The van der Waals surface area contributed by atoms with Crippen molar-refractivity contribution in [3.63, 3.8) is 0 Å². The molecule has 0 aromatic heterocycles. The van der Waals surface area contributed by atoms with Crippen LogP contribution in [0.5, 0.6) is 0 Å². The number of sulfonamides is 1. The molecule has 0 bridgehead atoms. The van der Waals surface area contributed by atoms with Crippen molar-refractivity contribution in [2.45, 2.75) is 19.5 Å². The average Bonchev–Trinajstić information content (AvgIpc) is 2.93. The number of amides is 2. The Morgan fingerprint density at radius 3 is 2.02 bits per heavy atom. The molecule has 2 N–H and O–H groups in total. The van der Waals surface area contributed by atoms with Crippen molar-refractivity contribution >= 4 is 56.4 Å². The summed E-state index contributed by atoms with van der Waals surface area (Å²) >= 11 is 12.5. The number of nitrogens with one attached hydrogen (secondary N) is 2. The Bertz CT molecular complexity index is 1610. The van der Waals surface area contributed by atoms with Crippen LogP contribution >= 0.6 is 23.2 Å². The third-order valence-electron chi connectivity index (χ3n) is 6.25. The maximum absolute atomic E-state index is 13.1. The van der Waals surface area contributed by atoms with E-state index < -0.39 is 15.9 Å². The summed E-state index contributed by atoms with van der Waals surface area (Å²) in [6.07, 6.45) is 1.08. The highest BCUT2D eigenvalue weighted by Gasteiger charge is 2.22. The zero-order valence-electron chi connectivity index (χ0n) is 21.8. The van der Waals surface area contributed by atoms with Crippen LogP contribution in [0.15, 0.2) is 97.1 Å². The van der Waals surface area contributed by atoms with Crippen LogP contribution < -0.4 is 14.9 Å². The van der Waals surface area contributed by atoms with Crippen LogP contribution in [-0.2, 0) is 16.6 Å². The van der Waals surface area contributed by atoms with Crippen molar-refractivity contribution in [1.29, 1.82) is 0 Å². The topological polar surface area (TPSA) is 95.6 Å². The van der Waals surface area contributed by atoms with Gasteiger partial charge in [-0.1, -0.05) is 71.7 Å². The molecule has 0 fully saturated rings. The minimum absolute atomic E-state index is 0.0766. The second-order valence-electron chi connectivity index (χ2n) is 9.12. The monoisotopic (exact) mass is 595 g/mol. The van der Waals surface area contributed by atoms with Gasteiger partial charge in [0.15, 0.2) is 0 Å². The first-order chi connectivity index (χ1) is 19.0. The molecule has 0 radical (unpaired) electrons. The molecule has 0 unspecified atom stereocenters. The maximum atomic E-state index is 13.1. The maximum Gasteiger partial charge on any atom is 0.255 e. The molecular weight excluding hydrogens is 569 g/mol. The van der Waals surface area contributed by atoms with E-state index in [0.29, 0.717) is 32.5 Å². The van der Waals surface area contributed by atoms with Crippen LogP contribution in [-0.4, -0.2) is 26.5 Å². The Labute approximate surface area is 243 Å². The summed E-state index contributed by atoms with van der Waals surface area (Å²) in [5, 5.41) is 6.43. The lowest BCUT2D eigenvalue weighted by atomic mass is 10.1. The fourth-order valence-electron chi connectivity index (χ4n) is 4.09. The van der Waals surface area contributed by atoms with Gasteiger partial charge < -0.3 is 10.6 Å². The van der Waals surface area contributed by atoms with E-state index in [1.165, 1.54) is 24.3 Å². The molecule has 2 amide bonds. The SMILES string of the molecule is C[C@H](NC(=O)c1ccccc1NC(=O)c1ccc(N(Cc2c(Cl)cccc2Cl)S(C)(=O)=O)cc1)c1ccccc1. The van der Waals surface area contributed by atoms with Crippen molar-refractivity contribution in [2.75, 3.05) is 15.9 Å². The number of carbonyl (C=O) groups excluding carboxylic acids is 2. The zero-order chi connectivity index (χ0) is 28.9. The fraction of sp³-hybridized carbons (Fsp3) is 0.133. The third kappa shape index (κ3) is 7.01. The number of anilines is 2. The largest absolute Gasteiger partial charge is 0.345 e. The van der Waals surface area contributed by atoms with Gasteiger partial charge in [-0.05, 0) is 61.0 Å². The summed E-state index contributed by atoms with van der Waals surface area (Å²) in [5.41, 5.74) is 2.70. The van der Waals surface area contributed by atoms with Gasteiger partial charge >= 0.3 is 0 Å². The van der Waals surface area contributed by atoms with Crippen LogP contribution in [0.25, 0.3) is 0 Å². The number of para-hydroxylation sites is 1. The second kappa shape index (κ2) is 12.6. The third-order valence-corrected chi connectivity index (χ3v) is 8.10. The molecule has 0 aliphatic carbocycles. The molecule has 0 saturated carbocycles. The van der Waals surface area contributed by atoms with Crippen molar-refractivity contribution in [1.82, 2.24) is 5.32 Å². The van der Waals surface area contributed by atoms with E-state index in [4.69, 9.17) is 23.2 Å². The summed E-state index contributed by atoms with van der Waals surface area (Å²) in [6, 6.07) is 27.1. The molecule has 1 atom stereocenters. The first-order valence-corrected chi connectivity index (χ1v) is 14.9.